The van der Waals surface area contributed by atoms with Crippen LogP contribution in [0.15, 0.2) is 237 Å². The van der Waals surface area contributed by atoms with Crippen molar-refractivity contribution >= 4 is 22.6 Å². The third-order valence-corrected chi connectivity index (χ3v) is 11.3. The van der Waals surface area contributed by atoms with Gasteiger partial charge in [0.15, 0.2) is 5.82 Å². The van der Waals surface area contributed by atoms with E-state index in [9.17, 15) is 0 Å². The minimum atomic E-state index is 0.683. The molecule has 1 heterocycles. The van der Waals surface area contributed by atoms with E-state index in [0.29, 0.717) is 5.82 Å². The fraction of sp³-hybridized carbons (Fsp3) is 0.0345. The lowest BCUT2D eigenvalue weighted by atomic mass is 9.91. The summed E-state index contributed by atoms with van der Waals surface area (Å²) in [6, 6.07) is 77.6. The number of rotatable bonds is 10. The van der Waals surface area contributed by atoms with E-state index >= 15 is 0 Å². The Morgan fingerprint density at radius 2 is 0.754 bits per heavy atom. The topological polar surface area (TPSA) is 29.0 Å². The van der Waals surface area contributed by atoms with Crippen LogP contribution in [-0.2, 0) is 0 Å². The Morgan fingerprint density at radius 3 is 1.20 bits per heavy atom. The maximum absolute atomic E-state index is 5.35. The first-order chi connectivity index (χ1) is 30.2. The van der Waals surface area contributed by atoms with Gasteiger partial charge < -0.3 is 4.90 Å². The minimum absolute atomic E-state index is 0.683. The van der Waals surface area contributed by atoms with E-state index < -0.39 is 0 Å². The first-order valence-electron chi connectivity index (χ1n) is 21.0. The molecule has 1 aliphatic rings. The highest BCUT2D eigenvalue weighted by Gasteiger charge is 2.25. The molecular formula is C58H43N3. The largest absolute Gasteiger partial charge is 0.309 e. The fourth-order valence-corrected chi connectivity index (χ4v) is 8.24. The highest BCUT2D eigenvalue weighted by atomic mass is 15.1. The van der Waals surface area contributed by atoms with Crippen LogP contribution in [0.2, 0.25) is 0 Å². The number of allylic oxidation sites excluding steroid dienone is 4. The van der Waals surface area contributed by atoms with Crippen LogP contribution < -0.4 is 4.90 Å². The Morgan fingerprint density at radius 1 is 0.344 bits per heavy atom. The van der Waals surface area contributed by atoms with Crippen LogP contribution in [0.5, 0.6) is 0 Å². The van der Waals surface area contributed by atoms with E-state index in [2.05, 4.69) is 235 Å². The monoisotopic (exact) mass is 781 g/mol. The Balaban J connectivity index is 1.24. The van der Waals surface area contributed by atoms with Crippen LogP contribution in [0.4, 0.5) is 17.1 Å². The van der Waals surface area contributed by atoms with Gasteiger partial charge in [0.1, 0.15) is 0 Å². The van der Waals surface area contributed by atoms with Crippen LogP contribution in [0.25, 0.3) is 72.7 Å². The number of hydrogen-bond acceptors (Lipinski definition) is 3. The molecule has 0 saturated heterocycles. The molecule has 0 N–H and O–H groups in total. The molecule has 3 nitrogen and oxygen atoms in total. The highest BCUT2D eigenvalue weighted by Crippen LogP contribution is 2.49. The predicted molar refractivity (Wildman–Crippen MR) is 256 cm³/mol. The third kappa shape index (κ3) is 7.98. The molecule has 0 aliphatic heterocycles. The number of aromatic nitrogens is 2. The summed E-state index contributed by atoms with van der Waals surface area (Å²) >= 11 is 0. The maximum Gasteiger partial charge on any atom is 0.160 e. The van der Waals surface area contributed by atoms with Gasteiger partial charge in [0.2, 0.25) is 0 Å². The van der Waals surface area contributed by atoms with Crippen molar-refractivity contribution in [1.82, 2.24) is 9.97 Å². The quantitative estimate of drug-likeness (QED) is 0.138. The molecule has 0 unspecified atom stereocenters. The van der Waals surface area contributed by atoms with Gasteiger partial charge in [0.05, 0.1) is 17.1 Å². The molecule has 0 radical (unpaired) electrons. The fourth-order valence-electron chi connectivity index (χ4n) is 8.24. The van der Waals surface area contributed by atoms with Gasteiger partial charge in [-0.25, -0.2) is 9.97 Å². The van der Waals surface area contributed by atoms with Gasteiger partial charge >= 0.3 is 0 Å². The molecule has 61 heavy (non-hydrogen) atoms. The average Bonchev–Trinajstić information content (AvgIpc) is 3.36. The molecule has 8 aromatic carbocycles. The molecule has 3 heteroatoms. The average molecular weight is 782 g/mol. The Labute approximate surface area is 358 Å². The van der Waals surface area contributed by atoms with Gasteiger partial charge in [-0.2, -0.15) is 0 Å². The molecule has 290 valence electrons. The summed E-state index contributed by atoms with van der Waals surface area (Å²) in [4.78, 5) is 13.1. The van der Waals surface area contributed by atoms with E-state index in [1.165, 1.54) is 22.3 Å². The van der Waals surface area contributed by atoms with Crippen LogP contribution in [0.3, 0.4) is 0 Å². The second kappa shape index (κ2) is 17.1. The molecule has 0 atom stereocenters. The summed E-state index contributed by atoms with van der Waals surface area (Å²) in [5.41, 5.74) is 17.2. The van der Waals surface area contributed by atoms with Gasteiger partial charge in [0.25, 0.3) is 0 Å². The van der Waals surface area contributed by atoms with Gasteiger partial charge in [-0.15, -0.1) is 0 Å². The Kier molecular flexibility index (Phi) is 10.5. The molecule has 0 bridgehead atoms. The normalized spacial score (nSPS) is 12.2. The van der Waals surface area contributed by atoms with E-state index in [1.807, 2.05) is 6.07 Å². The van der Waals surface area contributed by atoms with Crippen molar-refractivity contribution in [2.75, 3.05) is 4.90 Å². The molecule has 1 aromatic heterocycles. The number of benzene rings is 8. The molecule has 10 rings (SSSR count). The molecule has 0 spiro atoms. The van der Waals surface area contributed by atoms with Gasteiger partial charge in [-0.3, -0.25) is 0 Å². The van der Waals surface area contributed by atoms with Crippen LogP contribution in [0, 0.1) is 0 Å². The second-order valence-corrected chi connectivity index (χ2v) is 15.3. The minimum Gasteiger partial charge on any atom is -0.309 e. The molecule has 0 fully saturated rings. The van der Waals surface area contributed by atoms with Crippen molar-refractivity contribution in [3.63, 3.8) is 0 Å². The number of anilines is 3. The van der Waals surface area contributed by atoms with Gasteiger partial charge in [-0.05, 0) is 94.3 Å². The lowest BCUT2D eigenvalue weighted by molar-refractivity contribution is 1.03. The lowest BCUT2D eigenvalue weighted by Gasteiger charge is -2.31. The van der Waals surface area contributed by atoms with Gasteiger partial charge in [0, 0.05) is 33.6 Å². The summed E-state index contributed by atoms with van der Waals surface area (Å²) < 4.78 is 0. The van der Waals surface area contributed by atoms with Crippen molar-refractivity contribution in [2.24, 2.45) is 0 Å². The van der Waals surface area contributed by atoms with Gasteiger partial charge in [-0.1, -0.05) is 194 Å². The van der Waals surface area contributed by atoms with Crippen molar-refractivity contribution in [1.29, 1.82) is 0 Å². The predicted octanol–water partition coefficient (Wildman–Crippen LogP) is 15.7. The number of hydrogen-bond donors (Lipinski definition) is 0. The summed E-state index contributed by atoms with van der Waals surface area (Å²) in [5.74, 6) is 0.683. The number of nitrogens with zero attached hydrogens (tertiary/aromatic N) is 3. The Bertz CT molecular complexity index is 2810. The van der Waals surface area contributed by atoms with Crippen LogP contribution in [0.1, 0.15) is 18.5 Å². The van der Waals surface area contributed by atoms with Crippen LogP contribution in [-0.4, -0.2) is 9.97 Å². The SMILES string of the molecule is C1=CC(c2cc(-c3ccccc3)nc(-c3cc(-c4ccccc4)c(N(c4ccc(-c5ccccc5)cc4)c4ccc(-c5ccccc5)cc4)c(-c4ccccc4)c3)n2)=CCC1. The molecule has 0 saturated carbocycles. The van der Waals surface area contributed by atoms with E-state index in [1.54, 1.807) is 0 Å². The zero-order valence-corrected chi connectivity index (χ0v) is 33.8. The van der Waals surface area contributed by atoms with Crippen molar-refractivity contribution in [3.05, 3.63) is 242 Å². The van der Waals surface area contributed by atoms with E-state index in [0.717, 1.165) is 80.2 Å². The third-order valence-electron chi connectivity index (χ3n) is 11.3. The standard InChI is InChI=1S/C58H43N3/c1-7-19-42(20-8-1)44-31-35-51(36-32-44)61(52-37-33-45(34-38-52)43-21-9-2-10-22-43)57-53(46-23-11-3-12-24-46)39-50(40-54(57)47-25-13-4-14-26-47)58-59-55(48-27-15-5-16-28-48)41-56(60-58)49-29-17-6-18-30-49/h1-5,7-17,19-41H,6,18H2. The lowest BCUT2D eigenvalue weighted by Crippen LogP contribution is -2.13. The Hall–Kier alpha value is -7.88. The summed E-state index contributed by atoms with van der Waals surface area (Å²) in [5, 5.41) is 0. The summed E-state index contributed by atoms with van der Waals surface area (Å²) in [7, 11) is 0. The second-order valence-electron chi connectivity index (χ2n) is 15.3. The first-order valence-corrected chi connectivity index (χ1v) is 21.0. The van der Waals surface area contributed by atoms with Crippen molar-refractivity contribution in [2.45, 2.75) is 12.8 Å². The smallest absolute Gasteiger partial charge is 0.160 e. The summed E-state index contributed by atoms with van der Waals surface area (Å²) in [6.45, 7) is 0. The van der Waals surface area contributed by atoms with E-state index in [4.69, 9.17) is 9.97 Å². The maximum atomic E-state index is 5.35. The molecular weight excluding hydrogens is 739 g/mol. The molecule has 1 aliphatic carbocycles. The zero-order chi connectivity index (χ0) is 40.8. The van der Waals surface area contributed by atoms with Crippen LogP contribution >= 0.6 is 0 Å². The van der Waals surface area contributed by atoms with Crippen molar-refractivity contribution in [3.8, 4) is 67.2 Å². The summed E-state index contributed by atoms with van der Waals surface area (Å²) in [6.07, 6.45) is 8.75. The molecule has 0 amide bonds. The zero-order valence-electron chi connectivity index (χ0n) is 33.8. The highest BCUT2D eigenvalue weighted by molar-refractivity contribution is 6.00. The van der Waals surface area contributed by atoms with Crippen molar-refractivity contribution < 1.29 is 0 Å². The molecule has 9 aromatic rings. The first kappa shape index (κ1) is 37.4. The van der Waals surface area contributed by atoms with E-state index in [-0.39, 0.29) is 0 Å².